The molecular weight excluding hydrogens is 395 g/mol. The predicted octanol–water partition coefficient (Wildman–Crippen LogP) is 5.56. The second-order valence-corrected chi connectivity index (χ2v) is 8.23. The number of aliphatic imine (C=N–C) groups is 2. The lowest BCUT2D eigenvalue weighted by molar-refractivity contribution is 0.295. The molecule has 1 saturated carbocycles. The Balaban J connectivity index is 1.47. The average Bonchev–Trinajstić information content (AvgIpc) is 3.29. The summed E-state index contributed by atoms with van der Waals surface area (Å²) in [6.45, 7) is 1.04. The zero-order valence-electron chi connectivity index (χ0n) is 15.3. The Hall–Kier alpha value is -2.04. The fraction of sp³-hybridized carbons (Fsp3) is 0.364. The van der Waals surface area contributed by atoms with Gasteiger partial charge in [0.1, 0.15) is 13.2 Å². The van der Waals surface area contributed by atoms with Crippen LogP contribution in [-0.2, 0) is 22.7 Å². The van der Waals surface area contributed by atoms with E-state index >= 15 is 0 Å². The van der Waals surface area contributed by atoms with Crippen LogP contribution in [-0.4, -0.2) is 23.9 Å². The number of benzene rings is 2. The molecule has 0 bridgehead atoms. The van der Waals surface area contributed by atoms with Crippen LogP contribution in [0.2, 0.25) is 10.0 Å². The van der Waals surface area contributed by atoms with Crippen LogP contribution >= 0.6 is 23.2 Å². The van der Waals surface area contributed by atoms with Gasteiger partial charge in [-0.05, 0) is 25.0 Å². The van der Waals surface area contributed by atoms with E-state index in [9.17, 15) is 0 Å². The molecule has 144 valence electrons. The second-order valence-electron chi connectivity index (χ2n) is 7.41. The normalized spacial score (nSPS) is 26.1. The van der Waals surface area contributed by atoms with Gasteiger partial charge in [0.2, 0.25) is 11.8 Å². The first-order chi connectivity index (χ1) is 13.7. The monoisotopic (exact) mass is 414 g/mol. The lowest BCUT2D eigenvalue weighted by atomic mass is 9.91. The molecule has 0 aromatic heterocycles. The minimum atomic E-state index is 0.0496. The molecule has 1 fully saturated rings. The van der Waals surface area contributed by atoms with Crippen molar-refractivity contribution in [3.8, 4) is 0 Å². The lowest BCUT2D eigenvalue weighted by Gasteiger charge is -2.26. The maximum absolute atomic E-state index is 6.41. The van der Waals surface area contributed by atoms with Gasteiger partial charge in [-0.25, -0.2) is 9.98 Å². The van der Waals surface area contributed by atoms with Crippen LogP contribution < -0.4 is 0 Å². The Morgan fingerprint density at radius 3 is 1.64 bits per heavy atom. The van der Waals surface area contributed by atoms with Crippen molar-refractivity contribution in [2.24, 2.45) is 9.98 Å². The molecule has 28 heavy (non-hydrogen) atoms. The van der Waals surface area contributed by atoms with Crippen molar-refractivity contribution in [2.45, 2.75) is 51.0 Å². The highest BCUT2D eigenvalue weighted by Crippen LogP contribution is 2.33. The topological polar surface area (TPSA) is 43.2 Å². The minimum absolute atomic E-state index is 0.0496. The third-order valence-electron chi connectivity index (χ3n) is 5.62. The summed E-state index contributed by atoms with van der Waals surface area (Å²) in [6.07, 6.45) is 4.22. The number of halogens is 2. The second kappa shape index (κ2) is 7.41. The van der Waals surface area contributed by atoms with Gasteiger partial charge in [0.25, 0.3) is 0 Å². The van der Waals surface area contributed by atoms with Crippen molar-refractivity contribution < 1.29 is 9.47 Å². The summed E-state index contributed by atoms with van der Waals surface area (Å²) in [4.78, 5) is 9.91. The maximum atomic E-state index is 6.41. The number of rotatable bonds is 2. The number of fused-ring (bicyclic) bond motifs is 2. The van der Waals surface area contributed by atoms with Crippen molar-refractivity contribution in [2.75, 3.05) is 0 Å². The zero-order valence-corrected chi connectivity index (χ0v) is 16.8. The van der Waals surface area contributed by atoms with Gasteiger partial charge >= 0.3 is 0 Å². The molecule has 0 radical (unpaired) electrons. The largest absolute Gasteiger partial charge is 0.473 e. The standard InChI is InChI=1S/C22H20Cl2N2O2/c23-15-7-3-5-13-11-27-21(19(13)15)25-17-9-1-2-10-18(17)26-22-20-14(12-28-22)6-4-8-16(20)24/h3-8,17-18H,1-2,9-12H2/t17-,18-/m1/s1. The molecule has 4 nitrogen and oxygen atoms in total. The highest BCUT2D eigenvalue weighted by atomic mass is 35.5. The van der Waals surface area contributed by atoms with E-state index in [0.717, 1.165) is 47.9 Å². The van der Waals surface area contributed by atoms with E-state index in [1.54, 1.807) is 0 Å². The quantitative estimate of drug-likeness (QED) is 0.645. The van der Waals surface area contributed by atoms with Gasteiger partial charge < -0.3 is 9.47 Å². The molecular formula is C22H20Cl2N2O2. The molecule has 0 amide bonds. The molecule has 1 aliphatic carbocycles. The predicted molar refractivity (Wildman–Crippen MR) is 112 cm³/mol. The molecule has 3 aliphatic rings. The Labute approximate surface area is 174 Å². The van der Waals surface area contributed by atoms with Crippen molar-refractivity contribution in [1.82, 2.24) is 0 Å². The van der Waals surface area contributed by atoms with Crippen molar-refractivity contribution >= 4 is 35.0 Å². The van der Waals surface area contributed by atoms with E-state index in [0.29, 0.717) is 35.1 Å². The van der Waals surface area contributed by atoms with E-state index in [2.05, 4.69) is 0 Å². The molecule has 2 heterocycles. The SMILES string of the molecule is Clc1cccc2c1C(=N[C@@H]1CCCC[C@H]1N=C1OCc3cccc(Cl)c31)OC2. The van der Waals surface area contributed by atoms with Crippen LogP contribution in [0, 0.1) is 0 Å². The molecule has 2 aromatic rings. The van der Waals surface area contributed by atoms with Crippen LogP contribution in [0.4, 0.5) is 0 Å². The molecule has 0 saturated heterocycles. The molecule has 0 N–H and O–H groups in total. The van der Waals surface area contributed by atoms with Crippen LogP contribution in [0.1, 0.15) is 47.9 Å². The highest BCUT2D eigenvalue weighted by Gasteiger charge is 2.31. The summed E-state index contributed by atoms with van der Waals surface area (Å²) in [5, 5.41) is 1.37. The molecule has 2 aliphatic heterocycles. The Bertz CT molecular complexity index is 907. The number of nitrogens with zero attached hydrogens (tertiary/aromatic N) is 2. The highest BCUT2D eigenvalue weighted by molar-refractivity contribution is 6.34. The smallest absolute Gasteiger partial charge is 0.218 e. The van der Waals surface area contributed by atoms with Crippen LogP contribution in [0.3, 0.4) is 0 Å². The minimum Gasteiger partial charge on any atom is -0.473 e. The average molecular weight is 415 g/mol. The fourth-order valence-corrected chi connectivity index (χ4v) is 4.74. The summed E-state index contributed by atoms with van der Waals surface area (Å²) in [7, 11) is 0. The summed E-state index contributed by atoms with van der Waals surface area (Å²) in [5.74, 6) is 1.28. The first-order valence-electron chi connectivity index (χ1n) is 9.67. The van der Waals surface area contributed by atoms with Crippen molar-refractivity contribution in [3.63, 3.8) is 0 Å². The third kappa shape index (κ3) is 3.19. The molecule has 2 atom stereocenters. The van der Waals surface area contributed by atoms with Crippen LogP contribution in [0.25, 0.3) is 0 Å². The van der Waals surface area contributed by atoms with Crippen LogP contribution in [0.15, 0.2) is 46.4 Å². The number of hydrogen-bond donors (Lipinski definition) is 0. The van der Waals surface area contributed by atoms with Crippen molar-refractivity contribution in [3.05, 3.63) is 68.7 Å². The molecule has 0 spiro atoms. The molecule has 6 heteroatoms. The van der Waals surface area contributed by atoms with Gasteiger partial charge in [-0.3, -0.25) is 0 Å². The van der Waals surface area contributed by atoms with E-state index in [-0.39, 0.29) is 12.1 Å². The Kier molecular flexibility index (Phi) is 4.77. The first kappa shape index (κ1) is 18.0. The first-order valence-corrected chi connectivity index (χ1v) is 10.4. The van der Waals surface area contributed by atoms with Gasteiger partial charge in [0.15, 0.2) is 0 Å². The molecule has 2 aromatic carbocycles. The number of hydrogen-bond acceptors (Lipinski definition) is 4. The van der Waals surface area contributed by atoms with E-state index in [1.165, 1.54) is 0 Å². The third-order valence-corrected chi connectivity index (χ3v) is 6.25. The Morgan fingerprint density at radius 2 is 1.18 bits per heavy atom. The van der Waals surface area contributed by atoms with Gasteiger partial charge in [0.05, 0.1) is 33.3 Å². The van der Waals surface area contributed by atoms with E-state index < -0.39 is 0 Å². The fourth-order valence-electron chi connectivity index (χ4n) is 4.19. The van der Waals surface area contributed by atoms with Gasteiger partial charge in [0, 0.05) is 11.1 Å². The number of ether oxygens (including phenoxy) is 2. The van der Waals surface area contributed by atoms with Gasteiger partial charge in [-0.15, -0.1) is 0 Å². The maximum Gasteiger partial charge on any atom is 0.218 e. The van der Waals surface area contributed by atoms with Gasteiger partial charge in [-0.1, -0.05) is 60.3 Å². The van der Waals surface area contributed by atoms with Gasteiger partial charge in [-0.2, -0.15) is 0 Å². The summed E-state index contributed by atoms with van der Waals surface area (Å²) in [6, 6.07) is 11.8. The van der Waals surface area contributed by atoms with Crippen molar-refractivity contribution in [1.29, 1.82) is 0 Å². The Morgan fingerprint density at radius 1 is 0.714 bits per heavy atom. The van der Waals surface area contributed by atoms with E-state index in [4.69, 9.17) is 42.7 Å². The lowest BCUT2D eigenvalue weighted by Crippen LogP contribution is -2.29. The summed E-state index contributed by atoms with van der Waals surface area (Å²) < 4.78 is 11.7. The zero-order chi connectivity index (χ0) is 19.1. The van der Waals surface area contributed by atoms with E-state index in [1.807, 2.05) is 36.4 Å². The molecule has 0 unspecified atom stereocenters. The molecule has 5 rings (SSSR count). The summed E-state index contributed by atoms with van der Waals surface area (Å²) in [5.41, 5.74) is 4.02. The summed E-state index contributed by atoms with van der Waals surface area (Å²) >= 11 is 12.8. The van der Waals surface area contributed by atoms with Crippen LogP contribution in [0.5, 0.6) is 0 Å².